The van der Waals surface area contributed by atoms with Gasteiger partial charge in [0, 0.05) is 5.54 Å². The molecule has 2 aromatic carbocycles. The van der Waals surface area contributed by atoms with Crippen molar-refractivity contribution < 1.29 is 0 Å². The molecule has 18 heavy (non-hydrogen) atoms. The summed E-state index contributed by atoms with van der Waals surface area (Å²) in [4.78, 5) is 0. The van der Waals surface area contributed by atoms with Gasteiger partial charge in [-0.3, -0.25) is 0 Å². The van der Waals surface area contributed by atoms with Gasteiger partial charge in [-0.15, -0.1) is 0 Å². The van der Waals surface area contributed by atoms with E-state index in [1.807, 2.05) is 0 Å². The zero-order valence-corrected chi connectivity index (χ0v) is 12.8. The van der Waals surface area contributed by atoms with Crippen LogP contribution in [0.5, 0.6) is 0 Å². The van der Waals surface area contributed by atoms with Crippen molar-refractivity contribution in [3.8, 4) is 0 Å². The van der Waals surface area contributed by atoms with E-state index < -0.39 is 7.38 Å². The zero-order chi connectivity index (χ0) is 12.9. The molecule has 0 N–H and O–H groups in total. The minimum absolute atomic E-state index is 0.443. The molecule has 0 nitrogen and oxygen atoms in total. The molecule has 0 aromatic heterocycles. The van der Waals surface area contributed by atoms with Gasteiger partial charge in [0.25, 0.3) is 0 Å². The molecule has 0 spiro atoms. The van der Waals surface area contributed by atoms with Gasteiger partial charge in [-0.1, -0.05) is 55.6 Å². The highest BCUT2D eigenvalue weighted by Gasteiger charge is 2.35. The van der Waals surface area contributed by atoms with Crippen molar-refractivity contribution in [2.24, 2.45) is 0 Å². The number of halogens is 1. The average Bonchev–Trinajstić information content (AvgIpc) is 2.67. The lowest BCUT2D eigenvalue weighted by atomic mass is 9.98. The van der Waals surface area contributed by atoms with Crippen LogP contribution < -0.4 is 0 Å². The molecular formula is C16H17ClSi. The third kappa shape index (κ3) is 1.73. The first-order chi connectivity index (χ1) is 8.48. The molecule has 0 saturated heterocycles. The van der Waals surface area contributed by atoms with Crippen LogP contribution in [0.2, 0.25) is 13.1 Å². The first-order valence-electron chi connectivity index (χ1n) is 6.38. The second kappa shape index (κ2) is 3.97. The van der Waals surface area contributed by atoms with Crippen LogP contribution in [0.3, 0.4) is 0 Å². The first kappa shape index (κ1) is 12.0. The Morgan fingerprint density at radius 1 is 1.06 bits per heavy atom. The Morgan fingerprint density at radius 2 is 1.78 bits per heavy atom. The van der Waals surface area contributed by atoms with Crippen LogP contribution >= 0.6 is 11.1 Å². The number of rotatable bonds is 1. The van der Waals surface area contributed by atoms with Crippen LogP contribution in [0.15, 0.2) is 42.5 Å². The number of fused-ring (bicyclic) bond motifs is 3. The monoisotopic (exact) mass is 272 g/mol. The molecule has 1 aliphatic rings. The van der Waals surface area contributed by atoms with E-state index in [0.29, 0.717) is 5.54 Å². The van der Waals surface area contributed by atoms with E-state index in [1.54, 1.807) is 0 Å². The van der Waals surface area contributed by atoms with Crippen molar-refractivity contribution in [3.63, 3.8) is 0 Å². The molecule has 1 unspecified atom stereocenters. The summed E-state index contributed by atoms with van der Waals surface area (Å²) < 4.78 is 0. The third-order valence-corrected chi connectivity index (χ3v) is 6.51. The van der Waals surface area contributed by atoms with Gasteiger partial charge in [0.1, 0.15) is 0 Å². The molecule has 1 atom stereocenters. The predicted octanol–water partition coefficient (Wildman–Crippen LogP) is 5.32. The quantitative estimate of drug-likeness (QED) is 0.487. The lowest BCUT2D eigenvalue weighted by molar-refractivity contribution is 1.20. The maximum Gasteiger partial charge on any atom is 0.161 e. The van der Waals surface area contributed by atoms with Crippen molar-refractivity contribution in [2.45, 2.75) is 25.6 Å². The highest BCUT2D eigenvalue weighted by molar-refractivity contribution is 7.20. The Morgan fingerprint density at radius 3 is 2.50 bits per heavy atom. The van der Waals surface area contributed by atoms with Crippen LogP contribution in [0.1, 0.15) is 23.6 Å². The molecular weight excluding hydrogens is 256 g/mol. The number of hydrogen-bond acceptors (Lipinski definition) is 0. The minimum atomic E-state index is -1.71. The van der Waals surface area contributed by atoms with Crippen LogP contribution in [0.25, 0.3) is 16.3 Å². The number of hydrogen-bond donors (Lipinski definition) is 0. The molecule has 0 heterocycles. The third-order valence-electron chi connectivity index (χ3n) is 3.85. The SMILES string of the molecule is CC1=CC([Si](C)(C)Cl)c2ccc3ccccc3c21. The highest BCUT2D eigenvalue weighted by Crippen LogP contribution is 2.45. The summed E-state index contributed by atoms with van der Waals surface area (Å²) in [6.07, 6.45) is 2.37. The lowest BCUT2D eigenvalue weighted by Gasteiger charge is -2.22. The summed E-state index contributed by atoms with van der Waals surface area (Å²) in [7, 11) is -1.71. The molecule has 2 aromatic rings. The average molecular weight is 273 g/mol. The van der Waals surface area contributed by atoms with E-state index in [1.165, 1.54) is 27.5 Å². The van der Waals surface area contributed by atoms with Crippen molar-refractivity contribution in [1.82, 2.24) is 0 Å². The fourth-order valence-corrected chi connectivity index (χ4v) is 5.15. The van der Waals surface area contributed by atoms with Crippen LogP contribution in [0.4, 0.5) is 0 Å². The number of benzene rings is 2. The van der Waals surface area contributed by atoms with Crippen molar-refractivity contribution in [2.75, 3.05) is 0 Å². The van der Waals surface area contributed by atoms with E-state index in [2.05, 4.69) is 62.5 Å². The van der Waals surface area contributed by atoms with Gasteiger partial charge in [0.15, 0.2) is 7.38 Å². The Bertz CT molecular complexity index is 650. The van der Waals surface area contributed by atoms with E-state index in [9.17, 15) is 0 Å². The normalized spacial score (nSPS) is 18.9. The van der Waals surface area contributed by atoms with Crippen molar-refractivity contribution in [1.29, 1.82) is 0 Å². The maximum atomic E-state index is 6.68. The van der Waals surface area contributed by atoms with Gasteiger partial charge >= 0.3 is 0 Å². The van der Waals surface area contributed by atoms with Gasteiger partial charge in [0.05, 0.1) is 0 Å². The Hall–Kier alpha value is -1.05. The second-order valence-corrected chi connectivity index (χ2v) is 12.3. The summed E-state index contributed by atoms with van der Waals surface area (Å²) in [5.41, 5.74) is 4.67. The summed E-state index contributed by atoms with van der Waals surface area (Å²) in [6, 6.07) is 13.1. The zero-order valence-electron chi connectivity index (χ0n) is 11.0. The minimum Gasteiger partial charge on any atom is -0.167 e. The Balaban J connectivity index is 2.31. The number of allylic oxidation sites excluding steroid dienone is 2. The van der Waals surface area contributed by atoms with Gasteiger partial charge in [-0.05, 0) is 34.4 Å². The van der Waals surface area contributed by atoms with E-state index in [-0.39, 0.29) is 0 Å². The van der Waals surface area contributed by atoms with Crippen molar-refractivity contribution in [3.05, 3.63) is 53.6 Å². The topological polar surface area (TPSA) is 0 Å². The maximum absolute atomic E-state index is 6.68. The highest BCUT2D eigenvalue weighted by atomic mass is 35.6. The fraction of sp³-hybridized carbons (Fsp3) is 0.250. The Labute approximate surface area is 114 Å². The Kier molecular flexibility index (Phi) is 2.65. The molecule has 0 radical (unpaired) electrons. The van der Waals surface area contributed by atoms with Gasteiger partial charge in [-0.25, -0.2) is 0 Å². The van der Waals surface area contributed by atoms with Crippen LogP contribution in [-0.2, 0) is 0 Å². The van der Waals surface area contributed by atoms with Gasteiger partial charge in [0.2, 0.25) is 0 Å². The van der Waals surface area contributed by atoms with Crippen LogP contribution in [0, 0.1) is 0 Å². The molecule has 3 rings (SSSR count). The molecule has 0 fully saturated rings. The van der Waals surface area contributed by atoms with E-state index in [0.717, 1.165) is 0 Å². The summed E-state index contributed by atoms with van der Waals surface area (Å²) in [5, 5.41) is 2.68. The van der Waals surface area contributed by atoms with Gasteiger partial charge < -0.3 is 0 Å². The van der Waals surface area contributed by atoms with Gasteiger partial charge in [-0.2, -0.15) is 11.1 Å². The van der Waals surface area contributed by atoms with Crippen LogP contribution in [-0.4, -0.2) is 7.38 Å². The molecule has 92 valence electrons. The molecule has 0 aliphatic heterocycles. The summed E-state index contributed by atoms with van der Waals surface area (Å²) in [5.74, 6) is 0. The largest absolute Gasteiger partial charge is 0.167 e. The smallest absolute Gasteiger partial charge is 0.161 e. The van der Waals surface area contributed by atoms with Crippen molar-refractivity contribution >= 4 is 34.8 Å². The molecule has 0 amide bonds. The molecule has 0 saturated carbocycles. The summed E-state index contributed by atoms with van der Waals surface area (Å²) in [6.45, 7) is 6.67. The molecule has 2 heteroatoms. The molecule has 0 bridgehead atoms. The molecule has 1 aliphatic carbocycles. The summed E-state index contributed by atoms with van der Waals surface area (Å²) >= 11 is 6.68. The second-order valence-electron chi connectivity index (χ2n) is 5.64. The fourth-order valence-electron chi connectivity index (χ4n) is 2.98. The standard InChI is InChI=1S/C16H17ClSi/c1-11-10-15(18(2,3)17)14-9-8-12-6-4-5-7-13(12)16(11)14/h4-10,15H,1-3H3. The lowest BCUT2D eigenvalue weighted by Crippen LogP contribution is -2.25. The predicted molar refractivity (Wildman–Crippen MR) is 83.7 cm³/mol. The van der Waals surface area contributed by atoms with E-state index >= 15 is 0 Å². The first-order valence-corrected chi connectivity index (χ1v) is 10.5. The van der Waals surface area contributed by atoms with E-state index in [4.69, 9.17) is 11.1 Å².